The van der Waals surface area contributed by atoms with Gasteiger partial charge in [-0.1, -0.05) is 0 Å². The molecule has 0 amide bonds. The number of thiazole rings is 1. The lowest BCUT2D eigenvalue weighted by Gasteiger charge is -2.10. The van der Waals surface area contributed by atoms with Crippen LogP contribution in [-0.2, 0) is 6.54 Å². The summed E-state index contributed by atoms with van der Waals surface area (Å²) in [5.74, 6) is 1.43. The summed E-state index contributed by atoms with van der Waals surface area (Å²) < 4.78 is 12.8. The van der Waals surface area contributed by atoms with E-state index in [0.717, 1.165) is 33.9 Å². The first-order valence-electron chi connectivity index (χ1n) is 7.34. The number of rotatable bonds is 6. The van der Waals surface area contributed by atoms with E-state index >= 15 is 0 Å². The van der Waals surface area contributed by atoms with E-state index in [-0.39, 0.29) is 29.8 Å². The van der Waals surface area contributed by atoms with Gasteiger partial charge in [-0.05, 0) is 38.1 Å². The van der Waals surface area contributed by atoms with E-state index in [1.807, 2.05) is 6.92 Å². The Hall–Kier alpha value is -0.870. The summed E-state index contributed by atoms with van der Waals surface area (Å²) >= 11 is 3.38. The van der Waals surface area contributed by atoms with E-state index in [2.05, 4.69) is 27.5 Å². The third-order valence-corrected chi connectivity index (χ3v) is 5.27. The first kappa shape index (κ1) is 21.2. The smallest absolute Gasteiger partial charge is 0.191 e. The van der Waals surface area contributed by atoms with E-state index in [9.17, 15) is 4.39 Å². The number of hydrogen-bond donors (Lipinski definition) is 2. The first-order chi connectivity index (χ1) is 11.1. The van der Waals surface area contributed by atoms with Crippen molar-refractivity contribution in [1.82, 2.24) is 15.6 Å². The molecule has 0 aliphatic carbocycles. The summed E-state index contributed by atoms with van der Waals surface area (Å²) in [4.78, 5) is 11.0. The molecule has 0 bridgehead atoms. The molecule has 1 aromatic heterocycles. The van der Waals surface area contributed by atoms with Gasteiger partial charge in [0.2, 0.25) is 0 Å². The minimum absolute atomic E-state index is 0. The van der Waals surface area contributed by atoms with Crippen molar-refractivity contribution >= 4 is 53.0 Å². The molecule has 0 saturated heterocycles. The largest absolute Gasteiger partial charge is 0.356 e. The van der Waals surface area contributed by atoms with Crippen LogP contribution >= 0.6 is 47.1 Å². The molecular weight excluding hydrogens is 458 g/mol. The SMILES string of the molecule is CN=C(NCCSc1ccc(F)cc1)NCc1nc(C)c(C)s1.I. The van der Waals surface area contributed by atoms with Crippen LogP contribution in [0.25, 0.3) is 0 Å². The van der Waals surface area contributed by atoms with Gasteiger partial charge in [0, 0.05) is 29.1 Å². The fraction of sp³-hybridized carbons (Fsp3) is 0.375. The molecule has 0 aliphatic rings. The molecule has 0 aliphatic heterocycles. The lowest BCUT2D eigenvalue weighted by Crippen LogP contribution is -2.37. The van der Waals surface area contributed by atoms with Crippen molar-refractivity contribution in [3.63, 3.8) is 0 Å². The van der Waals surface area contributed by atoms with Gasteiger partial charge in [0.05, 0.1) is 12.2 Å². The maximum absolute atomic E-state index is 12.8. The number of benzene rings is 1. The Balaban J connectivity index is 0.00000288. The van der Waals surface area contributed by atoms with Crippen molar-refractivity contribution < 1.29 is 4.39 Å². The lowest BCUT2D eigenvalue weighted by molar-refractivity contribution is 0.626. The molecule has 0 radical (unpaired) electrons. The van der Waals surface area contributed by atoms with Gasteiger partial charge >= 0.3 is 0 Å². The van der Waals surface area contributed by atoms with Crippen LogP contribution in [0.2, 0.25) is 0 Å². The predicted octanol–water partition coefficient (Wildman–Crippen LogP) is 3.97. The molecule has 0 unspecified atom stereocenters. The minimum atomic E-state index is -0.204. The van der Waals surface area contributed by atoms with Crippen LogP contribution in [-0.4, -0.2) is 30.3 Å². The summed E-state index contributed by atoms with van der Waals surface area (Å²) in [6, 6.07) is 6.54. The highest BCUT2D eigenvalue weighted by Gasteiger charge is 2.04. The van der Waals surface area contributed by atoms with Crippen molar-refractivity contribution in [2.75, 3.05) is 19.3 Å². The van der Waals surface area contributed by atoms with Crippen LogP contribution in [0, 0.1) is 19.7 Å². The Kier molecular flexibility index (Phi) is 9.60. The summed E-state index contributed by atoms with van der Waals surface area (Å²) in [5.41, 5.74) is 1.09. The van der Waals surface area contributed by atoms with Crippen LogP contribution in [0.5, 0.6) is 0 Å². The normalized spacial score (nSPS) is 11.1. The molecule has 0 spiro atoms. The van der Waals surface area contributed by atoms with Gasteiger partial charge in [0.15, 0.2) is 5.96 Å². The zero-order valence-corrected chi connectivity index (χ0v) is 17.9. The summed E-state index contributed by atoms with van der Waals surface area (Å²) in [7, 11) is 1.75. The molecule has 0 saturated carbocycles. The molecule has 1 aromatic carbocycles. The Labute approximate surface area is 167 Å². The summed E-state index contributed by atoms with van der Waals surface area (Å²) in [5, 5.41) is 7.58. The lowest BCUT2D eigenvalue weighted by atomic mass is 10.4. The number of aromatic nitrogens is 1. The van der Waals surface area contributed by atoms with Crippen molar-refractivity contribution in [3.8, 4) is 0 Å². The number of aliphatic imine (C=N–C) groups is 1. The Morgan fingerprint density at radius 2 is 1.96 bits per heavy atom. The second kappa shape index (κ2) is 10.9. The Morgan fingerprint density at radius 3 is 2.54 bits per heavy atom. The maximum Gasteiger partial charge on any atom is 0.191 e. The molecule has 2 rings (SSSR count). The average molecular weight is 480 g/mol. The summed E-state index contributed by atoms with van der Waals surface area (Å²) in [6.45, 7) is 5.55. The third-order valence-electron chi connectivity index (χ3n) is 3.18. The highest BCUT2D eigenvalue weighted by atomic mass is 127. The number of guanidine groups is 1. The molecule has 132 valence electrons. The quantitative estimate of drug-likeness (QED) is 0.216. The predicted molar refractivity (Wildman–Crippen MR) is 112 cm³/mol. The topological polar surface area (TPSA) is 49.3 Å². The van der Waals surface area contributed by atoms with Crippen molar-refractivity contribution in [2.24, 2.45) is 4.99 Å². The van der Waals surface area contributed by atoms with Crippen molar-refractivity contribution in [3.05, 3.63) is 45.7 Å². The zero-order valence-electron chi connectivity index (χ0n) is 13.9. The second-order valence-electron chi connectivity index (χ2n) is 4.90. The molecular formula is C16H22FIN4S2. The van der Waals surface area contributed by atoms with Gasteiger partial charge < -0.3 is 10.6 Å². The van der Waals surface area contributed by atoms with Gasteiger partial charge in [-0.25, -0.2) is 9.37 Å². The fourth-order valence-corrected chi connectivity index (χ4v) is 3.51. The molecule has 2 aromatic rings. The van der Waals surface area contributed by atoms with Crippen LogP contribution in [0.1, 0.15) is 15.6 Å². The standard InChI is InChI=1S/C16H21FN4S2.HI/c1-11-12(2)23-15(21-11)10-20-16(18-3)19-8-9-22-14-6-4-13(17)5-7-14;/h4-7H,8-10H2,1-3H3,(H2,18,19,20);1H. The number of nitrogens with one attached hydrogen (secondary N) is 2. The molecule has 24 heavy (non-hydrogen) atoms. The minimum Gasteiger partial charge on any atom is -0.356 e. The monoisotopic (exact) mass is 480 g/mol. The van der Waals surface area contributed by atoms with Crippen molar-refractivity contribution in [1.29, 1.82) is 0 Å². The van der Waals surface area contributed by atoms with Gasteiger partial charge in [-0.15, -0.1) is 47.1 Å². The number of thioether (sulfide) groups is 1. The van der Waals surface area contributed by atoms with Crippen LogP contribution in [0.4, 0.5) is 4.39 Å². The van der Waals surface area contributed by atoms with E-state index < -0.39 is 0 Å². The van der Waals surface area contributed by atoms with E-state index in [4.69, 9.17) is 0 Å². The summed E-state index contributed by atoms with van der Waals surface area (Å²) in [6.07, 6.45) is 0. The number of hydrogen-bond acceptors (Lipinski definition) is 4. The second-order valence-corrected chi connectivity index (χ2v) is 7.36. The average Bonchev–Trinajstić information content (AvgIpc) is 2.87. The maximum atomic E-state index is 12.8. The van der Waals surface area contributed by atoms with Gasteiger partial charge in [-0.2, -0.15) is 0 Å². The zero-order chi connectivity index (χ0) is 16.7. The van der Waals surface area contributed by atoms with Crippen LogP contribution in [0.3, 0.4) is 0 Å². The molecule has 0 fully saturated rings. The highest BCUT2D eigenvalue weighted by molar-refractivity contribution is 14.0. The molecule has 1 heterocycles. The van der Waals surface area contributed by atoms with Crippen LogP contribution in [0.15, 0.2) is 34.2 Å². The Morgan fingerprint density at radius 1 is 1.25 bits per heavy atom. The molecule has 8 heteroatoms. The molecule has 2 N–H and O–H groups in total. The van der Waals surface area contributed by atoms with Gasteiger partial charge in [0.25, 0.3) is 0 Å². The molecule has 0 atom stereocenters. The van der Waals surface area contributed by atoms with Crippen molar-refractivity contribution in [2.45, 2.75) is 25.3 Å². The van der Waals surface area contributed by atoms with Gasteiger partial charge in [-0.3, -0.25) is 4.99 Å². The van der Waals surface area contributed by atoms with E-state index in [1.165, 1.54) is 17.0 Å². The van der Waals surface area contributed by atoms with E-state index in [1.54, 1.807) is 42.3 Å². The fourth-order valence-electron chi connectivity index (χ4n) is 1.86. The van der Waals surface area contributed by atoms with Gasteiger partial charge in [0.1, 0.15) is 10.8 Å². The number of nitrogens with zero attached hydrogens (tertiary/aromatic N) is 2. The first-order valence-corrected chi connectivity index (χ1v) is 9.14. The highest BCUT2D eigenvalue weighted by Crippen LogP contribution is 2.17. The van der Waals surface area contributed by atoms with Crippen LogP contribution < -0.4 is 10.6 Å². The number of aryl methyl sites for hydroxylation is 2. The Bertz CT molecular complexity index is 639. The van der Waals surface area contributed by atoms with E-state index in [0.29, 0.717) is 6.54 Å². The number of halogens is 2. The third kappa shape index (κ3) is 6.94. The molecule has 4 nitrogen and oxygen atoms in total.